The van der Waals surface area contributed by atoms with Crippen molar-refractivity contribution in [3.8, 4) is 0 Å². The number of allylic oxidation sites excluding steroid dienone is 5. The van der Waals surface area contributed by atoms with Crippen LogP contribution >= 0.6 is 0 Å². The highest BCUT2D eigenvalue weighted by molar-refractivity contribution is 5.76. The van der Waals surface area contributed by atoms with Crippen molar-refractivity contribution in [2.24, 2.45) is 0 Å². The van der Waals surface area contributed by atoms with Gasteiger partial charge in [0.05, 0.1) is 38.6 Å². The van der Waals surface area contributed by atoms with Gasteiger partial charge in [0.2, 0.25) is 5.91 Å². The van der Waals surface area contributed by atoms with E-state index in [0.717, 1.165) is 38.5 Å². The normalized spacial score (nSPS) is 27.7. The Kier molecular flexibility index (Phi) is 51.2. The van der Waals surface area contributed by atoms with Gasteiger partial charge in [-0.05, 0) is 57.8 Å². The molecule has 93 heavy (non-hydrogen) atoms. The first kappa shape index (κ1) is 85.2. The van der Waals surface area contributed by atoms with Crippen molar-refractivity contribution in [3.05, 3.63) is 36.5 Å². The summed E-state index contributed by atoms with van der Waals surface area (Å²) in [5, 5.41) is 121. The molecule has 0 aromatic rings. The number of hydrogen-bond donors (Lipinski definition) is 12. The molecule has 3 saturated heterocycles. The minimum Gasteiger partial charge on any atom is -0.394 e. The second kappa shape index (κ2) is 55.8. The minimum absolute atomic E-state index is 0.236. The van der Waals surface area contributed by atoms with Gasteiger partial charge in [-0.1, -0.05) is 269 Å². The lowest BCUT2D eigenvalue weighted by molar-refractivity contribution is -0.379. The Balaban J connectivity index is 1.42. The van der Waals surface area contributed by atoms with Gasteiger partial charge in [-0.3, -0.25) is 4.79 Å². The van der Waals surface area contributed by atoms with Crippen molar-refractivity contribution in [3.63, 3.8) is 0 Å². The molecule has 3 aliphatic rings. The van der Waals surface area contributed by atoms with E-state index in [1.807, 2.05) is 6.08 Å². The molecule has 546 valence electrons. The van der Waals surface area contributed by atoms with Gasteiger partial charge >= 0.3 is 0 Å². The molecule has 17 unspecified atom stereocenters. The number of carbonyl (C=O) groups excluding carboxylic acids is 1. The van der Waals surface area contributed by atoms with Crippen LogP contribution in [0.2, 0.25) is 0 Å². The van der Waals surface area contributed by atoms with Crippen LogP contribution in [0.4, 0.5) is 0 Å². The van der Waals surface area contributed by atoms with E-state index in [0.29, 0.717) is 12.8 Å². The molecule has 12 N–H and O–H groups in total. The molecule has 19 nitrogen and oxygen atoms in total. The molecule has 0 spiro atoms. The van der Waals surface area contributed by atoms with Crippen LogP contribution in [0.25, 0.3) is 0 Å². The van der Waals surface area contributed by atoms with Crippen molar-refractivity contribution in [2.45, 2.75) is 401 Å². The molecule has 0 aromatic carbocycles. The van der Waals surface area contributed by atoms with Gasteiger partial charge in [-0.25, -0.2) is 0 Å². The molecule has 0 bridgehead atoms. The van der Waals surface area contributed by atoms with Gasteiger partial charge < -0.3 is 89.9 Å². The molecule has 19 heteroatoms. The third-order valence-corrected chi connectivity index (χ3v) is 18.9. The predicted molar refractivity (Wildman–Crippen MR) is 365 cm³/mol. The number of ether oxygens (including phenoxy) is 6. The lowest BCUT2D eigenvalue weighted by Gasteiger charge is -2.48. The Morgan fingerprint density at radius 2 is 0.688 bits per heavy atom. The highest BCUT2D eigenvalue weighted by Crippen LogP contribution is 2.33. The molecule has 1 amide bonds. The van der Waals surface area contributed by atoms with Crippen LogP contribution in [-0.4, -0.2) is 193 Å². The van der Waals surface area contributed by atoms with E-state index in [9.17, 15) is 61.0 Å². The fourth-order valence-electron chi connectivity index (χ4n) is 12.8. The molecule has 3 heterocycles. The standard InChI is InChI=1S/C74H137NO18/c1-3-5-7-9-11-13-15-17-19-21-23-25-27-28-30-31-33-35-37-39-41-43-45-47-49-51-58(79)57(75-62(80)52-50-48-46-44-42-40-38-36-34-32-29-26-24-22-20-18-16-14-12-10-8-6-4-2)56-88-72-68(86)65(83)70(60(54-77)90-72)93-74-69(87)66(84)71(61(55-78)91-74)92-73-67(85)64(82)63(81)59(53-76)89-73/h22,24,41,43,49,51,57-61,63-74,76-79,81-87H,3-21,23,25-40,42,44-48,50,52-56H2,1-2H3,(H,75,80)/b24-22-,43-41+,51-49+. The Labute approximate surface area is 561 Å². The second-order valence-electron chi connectivity index (χ2n) is 27.1. The molecule has 3 fully saturated rings. The van der Waals surface area contributed by atoms with Crippen LogP contribution < -0.4 is 5.32 Å². The van der Waals surface area contributed by atoms with E-state index >= 15 is 0 Å². The van der Waals surface area contributed by atoms with Gasteiger partial charge in [0, 0.05) is 6.42 Å². The second-order valence-corrected chi connectivity index (χ2v) is 27.1. The molecular formula is C74H137NO18. The summed E-state index contributed by atoms with van der Waals surface area (Å²) in [7, 11) is 0. The van der Waals surface area contributed by atoms with Crippen LogP contribution in [0.5, 0.6) is 0 Å². The number of amides is 1. The number of hydrogen-bond acceptors (Lipinski definition) is 18. The van der Waals surface area contributed by atoms with E-state index < -0.39 is 124 Å². The summed E-state index contributed by atoms with van der Waals surface area (Å²) in [5.74, 6) is -0.283. The molecule has 0 radical (unpaired) electrons. The summed E-state index contributed by atoms with van der Waals surface area (Å²) >= 11 is 0. The van der Waals surface area contributed by atoms with Crippen molar-refractivity contribution < 1.29 is 89.4 Å². The summed E-state index contributed by atoms with van der Waals surface area (Å²) in [6.45, 7) is 1.75. The Morgan fingerprint density at radius 1 is 0.376 bits per heavy atom. The minimum atomic E-state index is -1.98. The van der Waals surface area contributed by atoms with E-state index in [2.05, 4.69) is 43.5 Å². The van der Waals surface area contributed by atoms with E-state index in [-0.39, 0.29) is 18.9 Å². The number of carbonyl (C=O) groups is 1. The van der Waals surface area contributed by atoms with E-state index in [1.54, 1.807) is 6.08 Å². The van der Waals surface area contributed by atoms with Gasteiger partial charge in [-0.2, -0.15) is 0 Å². The SMILES string of the molecule is CCCCCCCCCC/C=C\CCCCCCCCCCCCCC(=O)NC(COC1OC(CO)C(OC2OC(CO)C(OC3OC(CO)C(O)C(O)C3O)C(O)C2O)C(O)C1O)C(O)/C=C/CC/C=C/CCCCCCCCCCCCCCCCCCCCC. The first-order valence-corrected chi connectivity index (χ1v) is 37.7. The first-order chi connectivity index (χ1) is 45.3. The first-order valence-electron chi connectivity index (χ1n) is 37.7. The third-order valence-electron chi connectivity index (χ3n) is 18.9. The maximum absolute atomic E-state index is 13.4. The Hall–Kier alpha value is -1.99. The van der Waals surface area contributed by atoms with Gasteiger partial charge in [-0.15, -0.1) is 0 Å². The van der Waals surface area contributed by atoms with Crippen LogP contribution in [0, 0.1) is 0 Å². The van der Waals surface area contributed by atoms with Gasteiger partial charge in [0.1, 0.15) is 73.2 Å². The molecular weight excluding hydrogens is 1190 g/mol. The average Bonchev–Trinajstić information content (AvgIpc) is 0.814. The van der Waals surface area contributed by atoms with E-state index in [4.69, 9.17) is 28.4 Å². The summed E-state index contributed by atoms with van der Waals surface area (Å²) < 4.78 is 34.4. The largest absolute Gasteiger partial charge is 0.394 e. The van der Waals surface area contributed by atoms with Crippen LogP contribution in [-0.2, 0) is 33.2 Å². The highest BCUT2D eigenvalue weighted by atomic mass is 16.8. The molecule has 3 rings (SSSR count). The van der Waals surface area contributed by atoms with E-state index in [1.165, 1.54) is 225 Å². The fraction of sp³-hybridized carbons (Fsp3) is 0.905. The van der Waals surface area contributed by atoms with Crippen molar-refractivity contribution in [1.29, 1.82) is 0 Å². The lowest BCUT2D eigenvalue weighted by atomic mass is 9.96. The zero-order chi connectivity index (χ0) is 67.5. The number of nitrogens with one attached hydrogen (secondary N) is 1. The van der Waals surface area contributed by atoms with Crippen molar-refractivity contribution in [2.75, 3.05) is 26.4 Å². The van der Waals surface area contributed by atoms with Crippen molar-refractivity contribution in [1.82, 2.24) is 5.32 Å². The average molecular weight is 1330 g/mol. The third kappa shape index (κ3) is 37.1. The lowest BCUT2D eigenvalue weighted by Crippen LogP contribution is -2.66. The fourth-order valence-corrected chi connectivity index (χ4v) is 12.8. The van der Waals surface area contributed by atoms with Crippen molar-refractivity contribution >= 4 is 5.91 Å². The smallest absolute Gasteiger partial charge is 0.220 e. The number of aliphatic hydroxyl groups excluding tert-OH is 11. The predicted octanol–water partition coefficient (Wildman–Crippen LogP) is 11.2. The van der Waals surface area contributed by atoms with Crippen LogP contribution in [0.1, 0.15) is 296 Å². The zero-order valence-corrected chi connectivity index (χ0v) is 58.0. The van der Waals surface area contributed by atoms with Gasteiger partial charge in [0.15, 0.2) is 18.9 Å². The number of rotatable bonds is 59. The van der Waals surface area contributed by atoms with Crippen LogP contribution in [0.15, 0.2) is 36.5 Å². The van der Waals surface area contributed by atoms with Gasteiger partial charge in [0.25, 0.3) is 0 Å². The maximum atomic E-state index is 13.4. The summed E-state index contributed by atoms with van der Waals surface area (Å²) in [5.41, 5.74) is 0. The summed E-state index contributed by atoms with van der Waals surface area (Å²) in [6.07, 6.45) is 39.8. The quantitative estimate of drug-likeness (QED) is 0.0199. The Morgan fingerprint density at radius 3 is 1.08 bits per heavy atom. The highest BCUT2D eigenvalue weighted by Gasteiger charge is 2.53. The number of aliphatic hydroxyl groups is 11. The summed E-state index contributed by atoms with van der Waals surface area (Å²) in [4.78, 5) is 13.4. The monoisotopic (exact) mass is 1330 g/mol. The molecule has 0 aromatic heterocycles. The topological polar surface area (TPSA) is 307 Å². The molecule has 0 aliphatic carbocycles. The zero-order valence-electron chi connectivity index (χ0n) is 58.0. The maximum Gasteiger partial charge on any atom is 0.220 e. The molecule has 3 aliphatic heterocycles. The number of unbranched alkanes of at least 4 members (excludes halogenated alkanes) is 39. The molecule has 17 atom stereocenters. The molecule has 0 saturated carbocycles. The van der Waals surface area contributed by atoms with Crippen LogP contribution in [0.3, 0.4) is 0 Å². The Bertz CT molecular complexity index is 1830. The summed E-state index contributed by atoms with van der Waals surface area (Å²) in [6, 6.07) is -0.991.